The molecule has 7 nitrogen and oxygen atoms in total. The molecule has 0 radical (unpaired) electrons. The molecule has 1 aromatic carbocycles. The Kier molecular flexibility index (Phi) is 6.76. The molecule has 28 heavy (non-hydrogen) atoms. The van der Waals surface area contributed by atoms with E-state index in [2.05, 4.69) is 5.32 Å². The van der Waals surface area contributed by atoms with E-state index in [1.54, 1.807) is 12.1 Å². The molecule has 2 atom stereocenters. The van der Waals surface area contributed by atoms with E-state index in [4.69, 9.17) is 9.15 Å². The number of amides is 2. The van der Waals surface area contributed by atoms with Crippen LogP contribution in [0.3, 0.4) is 0 Å². The Morgan fingerprint density at radius 1 is 1.21 bits per heavy atom. The Labute approximate surface area is 167 Å². The van der Waals surface area contributed by atoms with Gasteiger partial charge in [0.05, 0.1) is 6.26 Å². The van der Waals surface area contributed by atoms with Crippen molar-refractivity contribution < 1.29 is 23.5 Å². The number of carbonyl (C=O) groups is 3. The van der Waals surface area contributed by atoms with E-state index in [0.717, 1.165) is 5.56 Å². The first kappa shape index (κ1) is 20.0. The predicted octanol–water partition coefficient (Wildman–Crippen LogP) is 2.14. The lowest BCUT2D eigenvalue weighted by atomic mass is 10.1. The molecule has 1 aromatic heterocycles. The van der Waals surface area contributed by atoms with Crippen LogP contribution in [0.25, 0.3) is 0 Å². The van der Waals surface area contributed by atoms with Crippen LogP contribution in [0.2, 0.25) is 0 Å². The second kappa shape index (κ2) is 9.45. The predicted molar refractivity (Wildman–Crippen MR) is 104 cm³/mol. The van der Waals surface area contributed by atoms with Crippen molar-refractivity contribution in [1.29, 1.82) is 0 Å². The molecule has 0 saturated carbocycles. The van der Waals surface area contributed by atoms with Crippen LogP contribution >= 0.6 is 11.8 Å². The number of furan rings is 1. The maximum atomic E-state index is 12.4. The summed E-state index contributed by atoms with van der Waals surface area (Å²) in [5.74, 6) is -0.212. The van der Waals surface area contributed by atoms with Gasteiger partial charge in [-0.3, -0.25) is 9.59 Å². The van der Waals surface area contributed by atoms with E-state index in [1.807, 2.05) is 30.3 Å². The van der Waals surface area contributed by atoms with Crippen LogP contribution in [0.1, 0.15) is 23.6 Å². The second-order valence-electron chi connectivity index (χ2n) is 6.34. The van der Waals surface area contributed by atoms with Crippen molar-refractivity contribution in [2.45, 2.75) is 24.8 Å². The molecule has 1 aliphatic heterocycles. The van der Waals surface area contributed by atoms with Crippen molar-refractivity contribution in [3.8, 4) is 0 Å². The third-order valence-electron chi connectivity index (χ3n) is 4.35. The summed E-state index contributed by atoms with van der Waals surface area (Å²) in [6, 6.07) is 12.5. The van der Waals surface area contributed by atoms with Crippen molar-refractivity contribution in [3.05, 3.63) is 60.1 Å². The first-order valence-corrected chi connectivity index (χ1v) is 10.0. The Morgan fingerprint density at radius 2 is 2.00 bits per heavy atom. The molecule has 2 amide bonds. The summed E-state index contributed by atoms with van der Waals surface area (Å²) >= 11 is 1.43. The lowest BCUT2D eigenvalue weighted by Crippen LogP contribution is -2.43. The monoisotopic (exact) mass is 402 g/mol. The fraction of sp³-hybridized carbons (Fsp3) is 0.350. The van der Waals surface area contributed by atoms with Crippen molar-refractivity contribution in [3.63, 3.8) is 0 Å². The minimum Gasteiger partial charge on any atom is -0.466 e. The maximum absolute atomic E-state index is 12.4. The zero-order chi connectivity index (χ0) is 19.9. The van der Waals surface area contributed by atoms with Gasteiger partial charge in [0.15, 0.2) is 6.61 Å². The van der Waals surface area contributed by atoms with E-state index >= 15 is 0 Å². The minimum atomic E-state index is -0.741. The first-order chi connectivity index (χ1) is 13.6. The van der Waals surface area contributed by atoms with Crippen molar-refractivity contribution in [2.24, 2.45) is 0 Å². The lowest BCUT2D eigenvalue weighted by molar-refractivity contribution is -0.156. The molecule has 2 heterocycles. The summed E-state index contributed by atoms with van der Waals surface area (Å²) in [5.41, 5.74) is 1.11. The Bertz CT molecular complexity index is 809. The fourth-order valence-electron chi connectivity index (χ4n) is 3.00. The maximum Gasteiger partial charge on any atom is 0.330 e. The average molecular weight is 402 g/mol. The summed E-state index contributed by atoms with van der Waals surface area (Å²) in [5, 5.41) is 2.35. The average Bonchev–Trinajstić information content (AvgIpc) is 3.36. The largest absolute Gasteiger partial charge is 0.466 e. The van der Waals surface area contributed by atoms with Gasteiger partial charge in [0.2, 0.25) is 5.91 Å². The van der Waals surface area contributed by atoms with Crippen LogP contribution in [0.15, 0.2) is 53.1 Å². The Hall–Kier alpha value is -2.74. The molecule has 0 spiro atoms. The minimum absolute atomic E-state index is 0.249. The molecule has 0 unspecified atom stereocenters. The van der Waals surface area contributed by atoms with Crippen molar-refractivity contribution in [2.75, 3.05) is 18.9 Å². The topological polar surface area (TPSA) is 88.8 Å². The first-order valence-electron chi connectivity index (χ1n) is 8.97. The van der Waals surface area contributed by atoms with Crippen LogP contribution in [-0.2, 0) is 25.5 Å². The zero-order valence-electron chi connectivity index (χ0n) is 15.5. The van der Waals surface area contributed by atoms with Gasteiger partial charge < -0.3 is 19.4 Å². The molecule has 1 saturated heterocycles. The standard InChI is InChI=1S/C20H22N2O5S/c1-14(23)22-16(13-28-19(22)17-8-5-11-26-17)20(25)27-12-18(24)21-10-9-15-6-3-2-4-7-15/h2-8,11,16,19H,9-10,12-13H2,1H3,(H,21,24)/t16-,19+/m1/s1. The van der Waals surface area contributed by atoms with Gasteiger partial charge in [-0.25, -0.2) is 4.79 Å². The third-order valence-corrected chi connectivity index (χ3v) is 5.63. The number of carbonyl (C=O) groups excluding carboxylic acids is 3. The molecular formula is C20H22N2O5S. The van der Waals surface area contributed by atoms with Gasteiger partial charge in [-0.05, 0) is 24.1 Å². The normalized spacial score (nSPS) is 18.7. The third kappa shape index (κ3) is 4.95. The summed E-state index contributed by atoms with van der Waals surface area (Å²) in [6.45, 7) is 1.49. The summed E-state index contributed by atoms with van der Waals surface area (Å²) < 4.78 is 10.5. The number of rotatable bonds is 7. The summed E-state index contributed by atoms with van der Waals surface area (Å²) in [6.07, 6.45) is 2.22. The van der Waals surface area contributed by atoms with E-state index in [1.165, 1.54) is 29.8 Å². The zero-order valence-corrected chi connectivity index (χ0v) is 16.3. The van der Waals surface area contributed by atoms with Crippen LogP contribution in [-0.4, -0.2) is 47.6 Å². The fourth-order valence-corrected chi connectivity index (χ4v) is 4.41. The molecule has 3 rings (SSSR count). The van der Waals surface area contributed by atoms with Crippen molar-refractivity contribution in [1.82, 2.24) is 10.2 Å². The molecule has 0 bridgehead atoms. The molecular weight excluding hydrogens is 380 g/mol. The van der Waals surface area contributed by atoms with Gasteiger partial charge in [0.1, 0.15) is 17.2 Å². The number of nitrogens with one attached hydrogen (secondary N) is 1. The summed E-state index contributed by atoms with van der Waals surface area (Å²) in [7, 11) is 0. The van der Waals surface area contributed by atoms with Gasteiger partial charge >= 0.3 is 5.97 Å². The SMILES string of the molecule is CC(=O)N1[C@@H](C(=O)OCC(=O)NCCc2ccccc2)CS[C@H]1c1ccco1. The van der Waals surface area contributed by atoms with Gasteiger partial charge in [-0.1, -0.05) is 30.3 Å². The molecule has 2 aromatic rings. The molecule has 0 aliphatic carbocycles. The van der Waals surface area contributed by atoms with E-state index in [-0.39, 0.29) is 23.8 Å². The van der Waals surface area contributed by atoms with Crippen LogP contribution in [0, 0.1) is 0 Å². The molecule has 1 aliphatic rings. The number of esters is 1. The number of ether oxygens (including phenoxy) is 1. The van der Waals surface area contributed by atoms with Crippen molar-refractivity contribution >= 4 is 29.5 Å². The van der Waals surface area contributed by atoms with Gasteiger partial charge in [0.25, 0.3) is 5.91 Å². The van der Waals surface area contributed by atoms with E-state index in [0.29, 0.717) is 24.5 Å². The Balaban J connectivity index is 1.47. The van der Waals surface area contributed by atoms with Crippen LogP contribution < -0.4 is 5.32 Å². The number of thioether (sulfide) groups is 1. The smallest absolute Gasteiger partial charge is 0.330 e. The van der Waals surface area contributed by atoms with Crippen LogP contribution in [0.4, 0.5) is 0 Å². The Morgan fingerprint density at radius 3 is 2.68 bits per heavy atom. The quantitative estimate of drug-likeness (QED) is 0.714. The molecule has 1 N–H and O–H groups in total. The highest BCUT2D eigenvalue weighted by Gasteiger charge is 2.43. The number of nitrogens with zero attached hydrogens (tertiary/aromatic N) is 1. The van der Waals surface area contributed by atoms with Gasteiger partial charge in [-0.2, -0.15) is 0 Å². The molecule has 8 heteroatoms. The van der Waals surface area contributed by atoms with Gasteiger partial charge in [-0.15, -0.1) is 11.8 Å². The van der Waals surface area contributed by atoms with E-state index < -0.39 is 12.0 Å². The highest BCUT2D eigenvalue weighted by atomic mass is 32.2. The van der Waals surface area contributed by atoms with Gasteiger partial charge in [0, 0.05) is 19.2 Å². The molecule has 1 fully saturated rings. The lowest BCUT2D eigenvalue weighted by Gasteiger charge is -2.25. The number of hydrogen-bond donors (Lipinski definition) is 1. The molecule has 148 valence electrons. The number of hydrogen-bond acceptors (Lipinski definition) is 6. The highest BCUT2D eigenvalue weighted by Crippen LogP contribution is 2.41. The summed E-state index contributed by atoms with van der Waals surface area (Å²) in [4.78, 5) is 37.9. The number of benzene rings is 1. The highest BCUT2D eigenvalue weighted by molar-refractivity contribution is 7.99. The van der Waals surface area contributed by atoms with Crippen LogP contribution in [0.5, 0.6) is 0 Å². The second-order valence-corrected chi connectivity index (χ2v) is 7.45. The van der Waals surface area contributed by atoms with E-state index in [9.17, 15) is 14.4 Å².